The molecule has 0 radical (unpaired) electrons. The minimum atomic E-state index is -0.478. The summed E-state index contributed by atoms with van der Waals surface area (Å²) >= 11 is 0. The van der Waals surface area contributed by atoms with E-state index in [0.29, 0.717) is 42.6 Å². The van der Waals surface area contributed by atoms with Gasteiger partial charge >= 0.3 is 0 Å². The van der Waals surface area contributed by atoms with Crippen molar-refractivity contribution in [2.24, 2.45) is 13.0 Å². The Morgan fingerprint density at radius 1 is 0.895 bits per heavy atom. The summed E-state index contributed by atoms with van der Waals surface area (Å²) in [6.45, 7) is 11.7. The first-order valence-electron chi connectivity index (χ1n) is 20.2. The van der Waals surface area contributed by atoms with Gasteiger partial charge in [-0.3, -0.25) is 14.5 Å². The summed E-state index contributed by atoms with van der Waals surface area (Å²) in [7, 11) is 1.89. The van der Waals surface area contributed by atoms with Crippen LogP contribution in [-0.4, -0.2) is 99.8 Å². The molecule has 3 saturated heterocycles. The van der Waals surface area contributed by atoms with Gasteiger partial charge in [0, 0.05) is 94.8 Å². The molecule has 3 N–H and O–H groups in total. The van der Waals surface area contributed by atoms with Gasteiger partial charge in [-0.1, -0.05) is 18.2 Å². The number of halogens is 1. The number of carbonyl (C=O) groups is 2. The Morgan fingerprint density at radius 3 is 2.39 bits per heavy atom. The van der Waals surface area contributed by atoms with Crippen molar-refractivity contribution in [2.75, 3.05) is 72.8 Å². The monoisotopic (exact) mass is 771 g/mol. The number of hydrogen-bond donors (Lipinski definition) is 3. The van der Waals surface area contributed by atoms with E-state index in [2.05, 4.69) is 91.9 Å². The topological polar surface area (TPSA) is 127 Å². The van der Waals surface area contributed by atoms with E-state index in [1.54, 1.807) is 9.58 Å². The number of fused-ring (bicyclic) bond motifs is 2. The molecular formula is C43H50FN11O2. The SMILES string of the molecule is Cc1cccc(C)c1Nc1nn(C)c2nc(Nc3ccc(N4CCN(CC5CCN(c6cc7c(cc6F)C(=O)N(C6CCCNC6=O)C7)CC5)CC4)cc3)ncc12. The molecule has 296 valence electrons. The lowest BCUT2D eigenvalue weighted by molar-refractivity contribution is -0.127. The van der Waals surface area contributed by atoms with Gasteiger partial charge in [-0.2, -0.15) is 10.1 Å². The van der Waals surface area contributed by atoms with Crippen molar-refractivity contribution >= 4 is 57.4 Å². The van der Waals surface area contributed by atoms with E-state index in [9.17, 15) is 9.59 Å². The number of aromatic nitrogens is 4. The van der Waals surface area contributed by atoms with Gasteiger partial charge in [-0.05, 0) is 98.5 Å². The van der Waals surface area contributed by atoms with Crippen molar-refractivity contribution < 1.29 is 14.0 Å². The summed E-state index contributed by atoms with van der Waals surface area (Å²) in [5.41, 5.74) is 7.99. The highest BCUT2D eigenvalue weighted by Gasteiger charge is 2.38. The smallest absolute Gasteiger partial charge is 0.255 e. The van der Waals surface area contributed by atoms with Crippen LogP contribution in [0, 0.1) is 25.6 Å². The number of nitrogens with zero attached hydrogens (tertiary/aromatic N) is 8. The first-order chi connectivity index (χ1) is 27.7. The molecule has 1 atom stereocenters. The Kier molecular flexibility index (Phi) is 9.89. The predicted octanol–water partition coefficient (Wildman–Crippen LogP) is 5.88. The fourth-order valence-electron chi connectivity index (χ4n) is 9.01. The van der Waals surface area contributed by atoms with Crippen LogP contribution >= 0.6 is 0 Å². The third-order valence-electron chi connectivity index (χ3n) is 12.3. The average Bonchev–Trinajstić information content (AvgIpc) is 3.71. The molecule has 3 fully saturated rings. The Morgan fingerprint density at radius 2 is 1.65 bits per heavy atom. The highest BCUT2D eigenvalue weighted by Crippen LogP contribution is 2.35. The van der Waals surface area contributed by atoms with Crippen LogP contribution in [0.3, 0.4) is 0 Å². The van der Waals surface area contributed by atoms with Crippen LogP contribution in [0.4, 0.5) is 38.9 Å². The maximum absolute atomic E-state index is 15.4. The number of anilines is 6. The Bertz CT molecular complexity index is 2290. The zero-order valence-corrected chi connectivity index (χ0v) is 32.9. The van der Waals surface area contributed by atoms with Gasteiger partial charge in [0.05, 0.1) is 11.1 Å². The van der Waals surface area contributed by atoms with Crippen molar-refractivity contribution in [3.05, 3.63) is 88.9 Å². The highest BCUT2D eigenvalue weighted by atomic mass is 19.1. The van der Waals surface area contributed by atoms with Crippen LogP contribution in [0.1, 0.15) is 52.7 Å². The summed E-state index contributed by atoms with van der Waals surface area (Å²) in [6.07, 6.45) is 5.30. The van der Waals surface area contributed by atoms with E-state index < -0.39 is 6.04 Å². The zero-order chi connectivity index (χ0) is 39.2. The molecule has 0 saturated carbocycles. The van der Waals surface area contributed by atoms with Crippen molar-refractivity contribution in [3.8, 4) is 0 Å². The van der Waals surface area contributed by atoms with Crippen LogP contribution in [0.5, 0.6) is 0 Å². The second kappa shape index (κ2) is 15.3. The quantitative estimate of drug-likeness (QED) is 0.167. The molecule has 14 heteroatoms. The van der Waals surface area contributed by atoms with Crippen molar-refractivity contribution in [1.29, 1.82) is 0 Å². The van der Waals surface area contributed by atoms with Crippen molar-refractivity contribution in [2.45, 2.75) is 52.1 Å². The molecule has 2 amide bonds. The number of rotatable bonds is 9. The molecule has 4 aliphatic rings. The normalized spacial score (nSPS) is 19.3. The standard InChI is InChI=1S/C43H50FN11O2/c1-27-6-4-7-28(2)38(27)48-39-34-24-46-43(49-40(34)51(3)50-39)47-31-9-11-32(12-10-31)53-20-18-52(19-21-53)25-29-13-16-54(17-14-29)37-22-30-26-55(36-8-5-15-45-41(36)56)42(57)33(30)23-35(37)44/h4,6-7,9-12,22-24,29,36H,5,8,13-21,25-26H2,1-3H3,(H,45,56)(H,48,50)(H,46,47,49). The summed E-state index contributed by atoms with van der Waals surface area (Å²) in [5.74, 6) is 1.10. The van der Waals surface area contributed by atoms with E-state index in [4.69, 9.17) is 10.1 Å². The predicted molar refractivity (Wildman–Crippen MR) is 221 cm³/mol. The summed E-state index contributed by atoms with van der Waals surface area (Å²) < 4.78 is 17.2. The van der Waals surface area contributed by atoms with Crippen molar-refractivity contribution in [3.63, 3.8) is 0 Å². The van der Waals surface area contributed by atoms with Gasteiger partial charge in [0.2, 0.25) is 11.9 Å². The molecule has 5 aromatic rings. The second-order valence-electron chi connectivity index (χ2n) is 16.0. The molecule has 0 spiro atoms. The van der Waals surface area contributed by atoms with E-state index in [0.717, 1.165) is 110 Å². The van der Waals surface area contributed by atoms with E-state index in [-0.39, 0.29) is 17.6 Å². The first kappa shape index (κ1) is 36.9. The summed E-state index contributed by atoms with van der Waals surface area (Å²) in [6, 6.07) is 17.4. The number of nitrogens with one attached hydrogen (secondary N) is 3. The van der Waals surface area contributed by atoms with Crippen LogP contribution in [0.15, 0.2) is 60.8 Å². The molecule has 3 aromatic carbocycles. The first-order valence-corrected chi connectivity index (χ1v) is 20.2. The fourth-order valence-corrected chi connectivity index (χ4v) is 9.01. The Balaban J connectivity index is 0.750. The highest BCUT2D eigenvalue weighted by molar-refractivity contribution is 6.01. The fraction of sp³-hybridized carbons (Fsp3) is 0.419. The number of carbonyl (C=O) groups excluding carboxylic acids is 2. The summed E-state index contributed by atoms with van der Waals surface area (Å²) in [4.78, 5) is 43.7. The Hall–Kier alpha value is -5.76. The zero-order valence-electron chi connectivity index (χ0n) is 32.9. The molecule has 1 unspecified atom stereocenters. The molecule has 57 heavy (non-hydrogen) atoms. The number of para-hydroxylation sites is 1. The second-order valence-corrected chi connectivity index (χ2v) is 16.0. The minimum Gasteiger partial charge on any atom is -0.369 e. The average molecular weight is 772 g/mol. The third kappa shape index (κ3) is 7.34. The molecule has 0 bridgehead atoms. The van der Waals surface area contributed by atoms with Gasteiger partial charge < -0.3 is 30.7 Å². The van der Waals surface area contributed by atoms with Gasteiger partial charge in [0.25, 0.3) is 5.91 Å². The van der Waals surface area contributed by atoms with E-state index in [1.807, 2.05) is 19.3 Å². The molecule has 0 aliphatic carbocycles. The van der Waals surface area contributed by atoms with Gasteiger partial charge in [0.15, 0.2) is 11.5 Å². The van der Waals surface area contributed by atoms with Gasteiger partial charge in [-0.25, -0.2) is 14.1 Å². The van der Waals surface area contributed by atoms with Crippen LogP contribution in [0.25, 0.3) is 11.0 Å². The molecule has 13 nitrogen and oxygen atoms in total. The number of benzene rings is 3. The van der Waals surface area contributed by atoms with Crippen molar-refractivity contribution in [1.82, 2.24) is 34.9 Å². The number of piperazine rings is 1. The number of hydrogen-bond acceptors (Lipinski definition) is 10. The molecule has 6 heterocycles. The van der Waals surface area contributed by atoms with E-state index >= 15 is 4.39 Å². The van der Waals surface area contributed by atoms with E-state index in [1.165, 1.54) is 11.8 Å². The van der Waals surface area contributed by atoms with Gasteiger partial charge in [0.1, 0.15) is 11.9 Å². The number of amides is 2. The lowest BCUT2D eigenvalue weighted by Crippen LogP contribution is -2.50. The van der Waals surface area contributed by atoms with Crippen LogP contribution in [-0.2, 0) is 18.4 Å². The lowest BCUT2D eigenvalue weighted by atomic mass is 9.95. The lowest BCUT2D eigenvalue weighted by Gasteiger charge is -2.40. The van der Waals surface area contributed by atoms with Crippen LogP contribution in [0.2, 0.25) is 0 Å². The number of aryl methyl sites for hydroxylation is 3. The largest absolute Gasteiger partial charge is 0.369 e. The van der Waals surface area contributed by atoms with Crippen LogP contribution < -0.4 is 25.8 Å². The molecule has 4 aliphatic heterocycles. The molecule has 9 rings (SSSR count). The maximum atomic E-state index is 15.4. The summed E-state index contributed by atoms with van der Waals surface area (Å²) in [5, 5.41) is 15.3. The molecule has 2 aromatic heterocycles. The Labute approximate surface area is 332 Å². The van der Waals surface area contributed by atoms with Gasteiger partial charge in [-0.15, -0.1) is 0 Å². The molecular weight excluding hydrogens is 722 g/mol. The third-order valence-corrected chi connectivity index (χ3v) is 12.3. The number of piperidine rings is 2. The maximum Gasteiger partial charge on any atom is 0.255 e. The minimum absolute atomic E-state index is 0.113.